The lowest BCUT2D eigenvalue weighted by Gasteiger charge is -2.10. The molecule has 2 aromatic carbocycles. The van der Waals surface area contributed by atoms with Gasteiger partial charge in [-0.2, -0.15) is 0 Å². The normalized spacial score (nSPS) is 11.2. The van der Waals surface area contributed by atoms with E-state index in [0.29, 0.717) is 29.5 Å². The van der Waals surface area contributed by atoms with Gasteiger partial charge in [0.1, 0.15) is 5.75 Å². The van der Waals surface area contributed by atoms with Crippen LogP contribution in [0.25, 0.3) is 0 Å². The largest absolute Gasteiger partial charge is 0.497 e. The smallest absolute Gasteiger partial charge is 0.261 e. The molecule has 134 valence electrons. The van der Waals surface area contributed by atoms with Crippen LogP contribution < -0.4 is 14.8 Å². The van der Waals surface area contributed by atoms with Crippen LogP contribution in [-0.4, -0.2) is 28.0 Å². The van der Waals surface area contributed by atoms with E-state index in [0.717, 1.165) is 0 Å². The second-order valence-corrected chi connectivity index (χ2v) is 7.64. The van der Waals surface area contributed by atoms with E-state index < -0.39 is 10.0 Å². The molecule has 0 heterocycles. The van der Waals surface area contributed by atoms with Crippen LogP contribution in [0.15, 0.2) is 53.4 Å². The standard InChI is InChI=1S/C18H22N2O4S/c1-13(2)12-19-18(21)14-4-10-17(11-5-14)25(22,23)20-15-6-8-16(24-3)9-7-15/h4-11,13,20H,12H2,1-3H3,(H,19,21). The average molecular weight is 362 g/mol. The van der Waals surface area contributed by atoms with Gasteiger partial charge in [-0.05, 0) is 54.4 Å². The Morgan fingerprint density at radius 1 is 1.04 bits per heavy atom. The Morgan fingerprint density at radius 3 is 2.16 bits per heavy atom. The number of carbonyl (C=O) groups is 1. The van der Waals surface area contributed by atoms with Gasteiger partial charge in [0.15, 0.2) is 0 Å². The number of carbonyl (C=O) groups excluding carboxylic acids is 1. The SMILES string of the molecule is COc1ccc(NS(=O)(=O)c2ccc(C(=O)NCC(C)C)cc2)cc1. The predicted octanol–water partition coefficient (Wildman–Crippen LogP) is 2.88. The lowest BCUT2D eigenvalue weighted by Crippen LogP contribution is -2.27. The molecule has 0 radical (unpaired) electrons. The first-order chi connectivity index (χ1) is 11.8. The van der Waals surface area contributed by atoms with E-state index in [2.05, 4.69) is 10.0 Å². The van der Waals surface area contributed by atoms with Gasteiger partial charge in [-0.1, -0.05) is 13.8 Å². The monoisotopic (exact) mass is 362 g/mol. The number of methoxy groups -OCH3 is 1. The van der Waals surface area contributed by atoms with Crippen LogP contribution in [0.2, 0.25) is 0 Å². The Kier molecular flexibility index (Phi) is 6.03. The van der Waals surface area contributed by atoms with Crippen LogP contribution in [0.1, 0.15) is 24.2 Å². The van der Waals surface area contributed by atoms with Crippen molar-refractivity contribution in [1.29, 1.82) is 0 Å². The molecule has 0 aliphatic carbocycles. The van der Waals surface area contributed by atoms with E-state index in [1.54, 1.807) is 24.3 Å². The Balaban J connectivity index is 2.10. The molecule has 0 saturated carbocycles. The molecule has 6 nitrogen and oxygen atoms in total. The fourth-order valence-corrected chi connectivity index (χ4v) is 3.12. The maximum Gasteiger partial charge on any atom is 0.261 e. The minimum atomic E-state index is -3.72. The van der Waals surface area contributed by atoms with Crippen molar-refractivity contribution in [3.63, 3.8) is 0 Å². The van der Waals surface area contributed by atoms with E-state index in [1.807, 2.05) is 13.8 Å². The lowest BCUT2D eigenvalue weighted by atomic mass is 10.2. The number of ether oxygens (including phenoxy) is 1. The van der Waals surface area contributed by atoms with Crippen LogP contribution in [-0.2, 0) is 10.0 Å². The van der Waals surface area contributed by atoms with Gasteiger partial charge < -0.3 is 10.1 Å². The molecule has 2 N–H and O–H groups in total. The van der Waals surface area contributed by atoms with Gasteiger partial charge in [0.25, 0.3) is 15.9 Å². The third kappa shape index (κ3) is 5.22. The van der Waals surface area contributed by atoms with Gasteiger partial charge in [0, 0.05) is 17.8 Å². The number of anilines is 1. The van der Waals surface area contributed by atoms with Crippen LogP contribution in [0.4, 0.5) is 5.69 Å². The fraction of sp³-hybridized carbons (Fsp3) is 0.278. The molecule has 1 amide bonds. The summed E-state index contributed by atoms with van der Waals surface area (Å²) in [5.41, 5.74) is 0.851. The predicted molar refractivity (Wildman–Crippen MR) is 97.4 cm³/mol. The fourth-order valence-electron chi connectivity index (χ4n) is 2.06. The molecule has 0 aliphatic heterocycles. The molecule has 0 bridgehead atoms. The highest BCUT2D eigenvalue weighted by molar-refractivity contribution is 7.92. The summed E-state index contributed by atoms with van der Waals surface area (Å²) in [7, 11) is -2.18. The van der Waals surface area contributed by atoms with Crippen LogP contribution >= 0.6 is 0 Å². The Morgan fingerprint density at radius 2 is 1.64 bits per heavy atom. The molecule has 2 aromatic rings. The zero-order chi connectivity index (χ0) is 18.4. The molecule has 0 unspecified atom stereocenters. The number of hydrogen-bond acceptors (Lipinski definition) is 4. The topological polar surface area (TPSA) is 84.5 Å². The van der Waals surface area contributed by atoms with E-state index in [-0.39, 0.29) is 10.8 Å². The Labute approximate surface area is 148 Å². The summed E-state index contributed by atoms with van der Waals surface area (Å²) in [6.07, 6.45) is 0. The molecule has 0 saturated heterocycles. The van der Waals surface area contributed by atoms with Gasteiger partial charge in [-0.3, -0.25) is 9.52 Å². The highest BCUT2D eigenvalue weighted by Gasteiger charge is 2.15. The minimum absolute atomic E-state index is 0.0868. The zero-order valence-electron chi connectivity index (χ0n) is 14.4. The summed E-state index contributed by atoms with van der Waals surface area (Å²) in [5.74, 6) is 0.762. The number of benzene rings is 2. The van der Waals surface area contributed by atoms with Gasteiger partial charge in [0.05, 0.1) is 12.0 Å². The van der Waals surface area contributed by atoms with Crippen molar-refractivity contribution in [3.05, 3.63) is 54.1 Å². The van der Waals surface area contributed by atoms with Crippen molar-refractivity contribution in [2.45, 2.75) is 18.7 Å². The third-order valence-electron chi connectivity index (χ3n) is 3.44. The quantitative estimate of drug-likeness (QED) is 0.793. The molecule has 0 fully saturated rings. The van der Waals surface area contributed by atoms with Crippen molar-refractivity contribution in [3.8, 4) is 5.75 Å². The Bertz CT molecular complexity index is 813. The van der Waals surface area contributed by atoms with Gasteiger partial charge in [-0.15, -0.1) is 0 Å². The van der Waals surface area contributed by atoms with E-state index in [1.165, 1.54) is 31.4 Å². The average Bonchev–Trinajstić information content (AvgIpc) is 2.60. The van der Waals surface area contributed by atoms with Crippen LogP contribution in [0.3, 0.4) is 0 Å². The highest BCUT2D eigenvalue weighted by Crippen LogP contribution is 2.19. The maximum absolute atomic E-state index is 12.4. The van der Waals surface area contributed by atoms with Crippen molar-refractivity contribution in [2.24, 2.45) is 5.92 Å². The molecule has 0 aliphatic rings. The first kappa shape index (κ1) is 18.8. The van der Waals surface area contributed by atoms with Gasteiger partial charge >= 0.3 is 0 Å². The summed E-state index contributed by atoms with van der Waals surface area (Å²) in [6, 6.07) is 12.4. The summed E-state index contributed by atoms with van der Waals surface area (Å²) in [5, 5.41) is 2.79. The summed E-state index contributed by atoms with van der Waals surface area (Å²) in [6.45, 7) is 4.57. The lowest BCUT2D eigenvalue weighted by molar-refractivity contribution is 0.0949. The number of nitrogens with one attached hydrogen (secondary N) is 2. The number of rotatable bonds is 7. The molecule has 25 heavy (non-hydrogen) atoms. The van der Waals surface area contributed by atoms with Crippen LogP contribution in [0, 0.1) is 5.92 Å². The van der Waals surface area contributed by atoms with E-state index >= 15 is 0 Å². The van der Waals surface area contributed by atoms with Crippen molar-refractivity contribution < 1.29 is 17.9 Å². The summed E-state index contributed by atoms with van der Waals surface area (Å²) in [4.78, 5) is 12.1. The van der Waals surface area contributed by atoms with E-state index in [9.17, 15) is 13.2 Å². The minimum Gasteiger partial charge on any atom is -0.497 e. The number of sulfonamides is 1. The molecule has 0 atom stereocenters. The third-order valence-corrected chi connectivity index (χ3v) is 4.84. The van der Waals surface area contributed by atoms with Crippen LogP contribution in [0.5, 0.6) is 5.75 Å². The van der Waals surface area contributed by atoms with Crippen molar-refractivity contribution in [1.82, 2.24) is 5.32 Å². The van der Waals surface area contributed by atoms with Gasteiger partial charge in [-0.25, -0.2) is 8.42 Å². The summed E-state index contributed by atoms with van der Waals surface area (Å²) < 4.78 is 32.3. The molecule has 0 aromatic heterocycles. The molecule has 2 rings (SSSR count). The molecular weight excluding hydrogens is 340 g/mol. The second-order valence-electron chi connectivity index (χ2n) is 5.96. The van der Waals surface area contributed by atoms with Crippen molar-refractivity contribution >= 4 is 21.6 Å². The summed E-state index contributed by atoms with van der Waals surface area (Å²) >= 11 is 0. The molecular formula is C18H22N2O4S. The first-order valence-electron chi connectivity index (χ1n) is 7.87. The highest BCUT2D eigenvalue weighted by atomic mass is 32.2. The molecule has 7 heteroatoms. The van der Waals surface area contributed by atoms with E-state index in [4.69, 9.17) is 4.74 Å². The zero-order valence-corrected chi connectivity index (χ0v) is 15.3. The number of hydrogen-bond donors (Lipinski definition) is 2. The Hall–Kier alpha value is -2.54. The first-order valence-corrected chi connectivity index (χ1v) is 9.35. The molecule has 0 spiro atoms. The number of amides is 1. The maximum atomic E-state index is 12.4. The second kappa shape index (κ2) is 8.02. The van der Waals surface area contributed by atoms with Gasteiger partial charge in [0.2, 0.25) is 0 Å². The van der Waals surface area contributed by atoms with Crippen molar-refractivity contribution in [2.75, 3.05) is 18.4 Å².